The van der Waals surface area contributed by atoms with Crippen LogP contribution in [0.4, 0.5) is 11.4 Å². The Morgan fingerprint density at radius 1 is 1.06 bits per heavy atom. The molecule has 0 N–H and O–H groups in total. The molecule has 1 aliphatic rings. The van der Waals surface area contributed by atoms with E-state index >= 15 is 0 Å². The van der Waals surface area contributed by atoms with Gasteiger partial charge in [-0.2, -0.15) is 4.31 Å². The lowest BCUT2D eigenvalue weighted by molar-refractivity contribution is 0.333. The van der Waals surface area contributed by atoms with Gasteiger partial charge in [-0.1, -0.05) is 33.8 Å². The third-order valence-corrected chi connectivity index (χ3v) is 7.95. The first-order chi connectivity index (χ1) is 14.8. The van der Waals surface area contributed by atoms with E-state index < -0.39 is 10.0 Å². The molecule has 5 nitrogen and oxygen atoms in total. The molecular formula is C24H35N3O2S2. The summed E-state index contributed by atoms with van der Waals surface area (Å²) in [6, 6.07) is 9.62. The number of nitrogens with zero attached hydrogens (tertiary/aromatic N) is 3. The summed E-state index contributed by atoms with van der Waals surface area (Å²) in [6.07, 6.45) is 5.20. The molecule has 0 spiro atoms. The van der Waals surface area contributed by atoms with E-state index in [-0.39, 0.29) is 11.8 Å². The van der Waals surface area contributed by atoms with Gasteiger partial charge >= 0.3 is 0 Å². The van der Waals surface area contributed by atoms with Gasteiger partial charge in [-0.3, -0.25) is 4.99 Å². The van der Waals surface area contributed by atoms with Crippen molar-refractivity contribution < 1.29 is 8.42 Å². The van der Waals surface area contributed by atoms with Gasteiger partial charge in [0.15, 0.2) is 0 Å². The molecule has 1 aliphatic heterocycles. The second-order valence-electron chi connectivity index (χ2n) is 9.08. The lowest BCUT2D eigenvalue weighted by atomic mass is 10.1. The number of rotatable bonds is 9. The predicted molar refractivity (Wildman–Crippen MR) is 133 cm³/mol. The van der Waals surface area contributed by atoms with E-state index in [1.807, 2.05) is 29.6 Å². The smallest absolute Gasteiger partial charge is 0.245 e. The molecule has 1 fully saturated rings. The van der Waals surface area contributed by atoms with Gasteiger partial charge in [0.2, 0.25) is 10.0 Å². The summed E-state index contributed by atoms with van der Waals surface area (Å²) in [5, 5.41) is 2.01. The number of benzene rings is 1. The first-order valence-electron chi connectivity index (χ1n) is 11.2. The van der Waals surface area contributed by atoms with Crippen molar-refractivity contribution in [1.29, 1.82) is 0 Å². The Labute approximate surface area is 191 Å². The minimum absolute atomic E-state index is 0.256. The normalized spacial score (nSPS) is 15.6. The highest BCUT2D eigenvalue weighted by molar-refractivity contribution is 7.89. The van der Waals surface area contributed by atoms with E-state index in [2.05, 4.69) is 37.6 Å². The Balaban J connectivity index is 2.04. The largest absolute Gasteiger partial charge is 0.370 e. The van der Waals surface area contributed by atoms with Crippen molar-refractivity contribution >= 4 is 38.9 Å². The summed E-state index contributed by atoms with van der Waals surface area (Å²) in [5.41, 5.74) is 1.48. The predicted octanol–water partition coefficient (Wildman–Crippen LogP) is 5.79. The van der Waals surface area contributed by atoms with Crippen molar-refractivity contribution in [2.75, 3.05) is 31.1 Å². The molecule has 0 amide bonds. The molecule has 7 heteroatoms. The SMILES string of the molecule is CC(C)CN(CC(C)C)S(=O)(=O)c1cc(N=Cc2cccs2)ccc1N1CCCCC1. The molecule has 1 saturated heterocycles. The number of aliphatic imine (C=N–C) groups is 1. The maximum absolute atomic E-state index is 13.9. The molecule has 170 valence electrons. The van der Waals surface area contributed by atoms with Crippen molar-refractivity contribution in [2.45, 2.75) is 51.9 Å². The summed E-state index contributed by atoms with van der Waals surface area (Å²) < 4.78 is 29.5. The quantitative estimate of drug-likeness (QED) is 0.444. The number of hydrogen-bond donors (Lipinski definition) is 0. The number of thiophene rings is 1. The van der Waals surface area contributed by atoms with Crippen molar-refractivity contribution in [3.63, 3.8) is 0 Å². The van der Waals surface area contributed by atoms with E-state index in [1.165, 1.54) is 6.42 Å². The Morgan fingerprint density at radius 3 is 2.32 bits per heavy atom. The van der Waals surface area contributed by atoms with Crippen LogP contribution in [0.15, 0.2) is 45.6 Å². The first kappa shape index (κ1) is 24.0. The molecule has 1 aromatic carbocycles. The van der Waals surface area contributed by atoms with E-state index in [0.29, 0.717) is 23.7 Å². The fraction of sp³-hybridized carbons (Fsp3) is 0.542. The van der Waals surface area contributed by atoms with E-state index in [1.54, 1.807) is 27.9 Å². The standard InChI is InChI=1S/C24H35N3O2S2/c1-19(2)17-27(18-20(3)4)31(28,29)24-15-21(25-16-22-9-8-14-30-22)10-11-23(24)26-12-6-5-7-13-26/h8-11,14-16,19-20H,5-7,12-13,17-18H2,1-4H3. The van der Waals surface area contributed by atoms with Crippen LogP contribution in [-0.4, -0.2) is 45.1 Å². The summed E-state index contributed by atoms with van der Waals surface area (Å²) in [7, 11) is -3.65. The lowest BCUT2D eigenvalue weighted by Crippen LogP contribution is -2.38. The zero-order valence-electron chi connectivity index (χ0n) is 19.1. The van der Waals surface area contributed by atoms with E-state index in [9.17, 15) is 8.42 Å². The number of anilines is 1. The van der Waals surface area contributed by atoms with E-state index in [0.717, 1.165) is 36.5 Å². The van der Waals surface area contributed by atoms with E-state index in [4.69, 9.17) is 0 Å². The van der Waals surface area contributed by atoms with Crippen molar-refractivity contribution in [3.05, 3.63) is 40.6 Å². The molecule has 0 saturated carbocycles. The van der Waals surface area contributed by atoms with Crippen LogP contribution >= 0.6 is 11.3 Å². The summed E-state index contributed by atoms with van der Waals surface area (Å²) >= 11 is 1.61. The monoisotopic (exact) mass is 461 g/mol. The molecule has 1 aromatic heterocycles. The van der Waals surface area contributed by atoms with Gasteiger partial charge in [0, 0.05) is 37.3 Å². The van der Waals surface area contributed by atoms with Gasteiger partial charge in [0.1, 0.15) is 4.90 Å². The Kier molecular flexibility index (Phi) is 8.30. The van der Waals surface area contributed by atoms with Crippen molar-refractivity contribution in [3.8, 4) is 0 Å². The number of piperidine rings is 1. The second kappa shape index (κ2) is 10.7. The van der Waals surface area contributed by atoms with Crippen LogP contribution < -0.4 is 4.90 Å². The van der Waals surface area contributed by atoms with Crippen LogP contribution in [0.25, 0.3) is 0 Å². The molecular weight excluding hydrogens is 426 g/mol. The Morgan fingerprint density at radius 2 is 1.74 bits per heavy atom. The van der Waals surface area contributed by atoms with Gasteiger partial charge < -0.3 is 4.90 Å². The third kappa shape index (κ3) is 6.40. The highest BCUT2D eigenvalue weighted by atomic mass is 32.2. The average molecular weight is 462 g/mol. The maximum atomic E-state index is 13.9. The first-order valence-corrected chi connectivity index (χ1v) is 13.6. The summed E-state index contributed by atoms with van der Waals surface area (Å²) in [6.45, 7) is 11.1. The molecule has 2 aromatic rings. The Bertz CT molecular complexity index is 951. The van der Waals surface area contributed by atoms with Crippen LogP contribution in [0.5, 0.6) is 0 Å². The summed E-state index contributed by atoms with van der Waals surface area (Å²) in [4.78, 5) is 8.24. The zero-order chi connectivity index (χ0) is 22.4. The maximum Gasteiger partial charge on any atom is 0.245 e. The number of hydrogen-bond acceptors (Lipinski definition) is 5. The zero-order valence-corrected chi connectivity index (χ0v) is 20.8. The van der Waals surface area contributed by atoms with Crippen LogP contribution in [0.2, 0.25) is 0 Å². The van der Waals surface area contributed by atoms with Gasteiger partial charge in [-0.05, 0) is 60.7 Å². The molecule has 0 radical (unpaired) electrons. The molecule has 0 unspecified atom stereocenters. The number of sulfonamides is 1. The van der Waals surface area contributed by atoms with Crippen LogP contribution in [0.1, 0.15) is 51.8 Å². The highest BCUT2D eigenvalue weighted by Gasteiger charge is 2.30. The molecule has 31 heavy (non-hydrogen) atoms. The van der Waals surface area contributed by atoms with Gasteiger partial charge in [-0.25, -0.2) is 8.42 Å². The minimum Gasteiger partial charge on any atom is -0.370 e. The molecule has 3 rings (SSSR count). The van der Waals surface area contributed by atoms with Gasteiger partial charge in [0.05, 0.1) is 11.4 Å². The molecule has 0 bridgehead atoms. The molecule has 0 atom stereocenters. The van der Waals surface area contributed by atoms with Crippen LogP contribution in [0.3, 0.4) is 0 Å². The molecule has 2 heterocycles. The lowest BCUT2D eigenvalue weighted by Gasteiger charge is -2.32. The van der Waals surface area contributed by atoms with Gasteiger partial charge in [-0.15, -0.1) is 11.3 Å². The third-order valence-electron chi connectivity index (χ3n) is 5.28. The van der Waals surface area contributed by atoms with Crippen molar-refractivity contribution in [1.82, 2.24) is 4.31 Å². The second-order valence-corrected chi connectivity index (χ2v) is 12.0. The molecule has 0 aliphatic carbocycles. The fourth-order valence-corrected chi connectivity index (χ4v) is 6.50. The minimum atomic E-state index is -3.65. The summed E-state index contributed by atoms with van der Waals surface area (Å²) in [5.74, 6) is 0.513. The van der Waals surface area contributed by atoms with Crippen LogP contribution in [0, 0.1) is 11.8 Å². The Hall–Kier alpha value is -1.70. The average Bonchev–Trinajstić information content (AvgIpc) is 3.25. The highest BCUT2D eigenvalue weighted by Crippen LogP contribution is 2.34. The topological polar surface area (TPSA) is 53.0 Å². The fourth-order valence-electron chi connectivity index (χ4n) is 3.91. The van der Waals surface area contributed by atoms with Gasteiger partial charge in [0.25, 0.3) is 0 Å². The van der Waals surface area contributed by atoms with Crippen LogP contribution in [-0.2, 0) is 10.0 Å². The van der Waals surface area contributed by atoms with Crippen molar-refractivity contribution in [2.24, 2.45) is 16.8 Å².